The maximum atomic E-state index is 10.7. The third-order valence-corrected chi connectivity index (χ3v) is 2.75. The summed E-state index contributed by atoms with van der Waals surface area (Å²) in [6.07, 6.45) is 3.96. The molecule has 13 heavy (non-hydrogen) atoms. The molecule has 0 aromatic rings. The van der Waals surface area contributed by atoms with Crippen LogP contribution in [0.5, 0.6) is 0 Å². The highest BCUT2D eigenvalue weighted by Gasteiger charge is 2.28. The van der Waals surface area contributed by atoms with Crippen molar-refractivity contribution in [1.82, 2.24) is 5.32 Å². The summed E-state index contributed by atoms with van der Waals surface area (Å²) >= 11 is 0. The van der Waals surface area contributed by atoms with E-state index in [1.165, 1.54) is 0 Å². The van der Waals surface area contributed by atoms with Gasteiger partial charge in [-0.15, -0.1) is 0 Å². The van der Waals surface area contributed by atoms with Gasteiger partial charge in [-0.1, -0.05) is 6.92 Å². The lowest BCUT2D eigenvalue weighted by Gasteiger charge is -2.09. The Morgan fingerprint density at radius 2 is 2.31 bits per heavy atom. The topological polar surface area (TPSA) is 49.3 Å². The van der Waals surface area contributed by atoms with E-state index in [1.54, 1.807) is 0 Å². The van der Waals surface area contributed by atoms with Crippen molar-refractivity contribution in [3.63, 3.8) is 0 Å². The van der Waals surface area contributed by atoms with Gasteiger partial charge < -0.3 is 10.4 Å². The first-order valence-corrected chi connectivity index (χ1v) is 5.17. The van der Waals surface area contributed by atoms with E-state index in [-0.39, 0.29) is 5.92 Å². The summed E-state index contributed by atoms with van der Waals surface area (Å²) in [6, 6.07) is 0. The molecule has 2 N–H and O–H groups in total. The van der Waals surface area contributed by atoms with Crippen molar-refractivity contribution in [1.29, 1.82) is 0 Å². The smallest absolute Gasteiger partial charge is 0.306 e. The summed E-state index contributed by atoms with van der Waals surface area (Å²) in [5, 5.41) is 12.1. The fourth-order valence-corrected chi connectivity index (χ4v) is 1.97. The maximum absolute atomic E-state index is 10.7. The van der Waals surface area contributed by atoms with Crippen LogP contribution in [0.3, 0.4) is 0 Å². The van der Waals surface area contributed by atoms with Gasteiger partial charge in [-0.25, -0.2) is 0 Å². The first-order valence-electron chi connectivity index (χ1n) is 5.17. The van der Waals surface area contributed by atoms with Crippen LogP contribution in [0.15, 0.2) is 0 Å². The quantitative estimate of drug-likeness (QED) is 0.638. The van der Waals surface area contributed by atoms with Crippen molar-refractivity contribution in [2.75, 3.05) is 13.1 Å². The zero-order valence-corrected chi connectivity index (χ0v) is 8.25. The monoisotopic (exact) mass is 185 g/mol. The molecule has 76 valence electrons. The third kappa shape index (κ3) is 3.35. The lowest BCUT2D eigenvalue weighted by Crippen LogP contribution is -2.22. The molecular weight excluding hydrogens is 166 g/mol. The van der Waals surface area contributed by atoms with Crippen LogP contribution in [0.25, 0.3) is 0 Å². The molecule has 0 heterocycles. The molecule has 2 atom stereocenters. The summed E-state index contributed by atoms with van der Waals surface area (Å²) in [5.74, 6) is -0.0981. The van der Waals surface area contributed by atoms with Crippen LogP contribution in [0.2, 0.25) is 0 Å². The number of nitrogens with one attached hydrogen (secondary N) is 1. The minimum absolute atomic E-state index is 0.0755. The Morgan fingerprint density at radius 3 is 2.85 bits per heavy atom. The van der Waals surface area contributed by atoms with Gasteiger partial charge in [0.15, 0.2) is 0 Å². The van der Waals surface area contributed by atoms with Gasteiger partial charge in [-0.3, -0.25) is 4.79 Å². The molecule has 1 saturated carbocycles. The first kappa shape index (κ1) is 10.5. The average molecular weight is 185 g/mol. The van der Waals surface area contributed by atoms with E-state index in [2.05, 4.69) is 12.2 Å². The summed E-state index contributed by atoms with van der Waals surface area (Å²) in [7, 11) is 0. The van der Waals surface area contributed by atoms with Crippen LogP contribution >= 0.6 is 0 Å². The summed E-state index contributed by atoms with van der Waals surface area (Å²) in [6.45, 7) is 4.19. The van der Waals surface area contributed by atoms with Crippen molar-refractivity contribution >= 4 is 5.97 Å². The van der Waals surface area contributed by atoms with E-state index in [0.29, 0.717) is 5.92 Å². The Balaban J connectivity index is 2.14. The molecule has 2 unspecified atom stereocenters. The number of rotatable bonds is 5. The van der Waals surface area contributed by atoms with Gasteiger partial charge in [0.05, 0.1) is 5.92 Å². The second-order valence-electron chi connectivity index (χ2n) is 3.92. The van der Waals surface area contributed by atoms with Crippen LogP contribution in [-0.4, -0.2) is 24.2 Å². The van der Waals surface area contributed by atoms with E-state index in [9.17, 15) is 4.79 Å². The molecule has 1 aliphatic carbocycles. The number of carboxylic acid groups (broad SMARTS) is 1. The highest BCUT2D eigenvalue weighted by atomic mass is 16.4. The average Bonchev–Trinajstić information content (AvgIpc) is 2.53. The summed E-state index contributed by atoms with van der Waals surface area (Å²) in [5.41, 5.74) is 0. The number of aliphatic carboxylic acids is 1. The minimum atomic E-state index is -0.613. The van der Waals surface area contributed by atoms with Crippen molar-refractivity contribution in [3.05, 3.63) is 0 Å². The first-order chi connectivity index (χ1) is 6.24. The number of hydrogen-bond donors (Lipinski definition) is 2. The SMILES string of the molecule is CCCNCC1CCC(C(=O)O)C1. The van der Waals surface area contributed by atoms with Crippen molar-refractivity contribution < 1.29 is 9.90 Å². The molecule has 1 aliphatic rings. The van der Waals surface area contributed by atoms with Crippen molar-refractivity contribution in [2.45, 2.75) is 32.6 Å². The van der Waals surface area contributed by atoms with Crippen molar-refractivity contribution in [3.8, 4) is 0 Å². The highest BCUT2D eigenvalue weighted by Crippen LogP contribution is 2.30. The van der Waals surface area contributed by atoms with Crippen LogP contribution in [0, 0.1) is 11.8 Å². The molecule has 0 spiro atoms. The fraction of sp³-hybridized carbons (Fsp3) is 0.900. The van der Waals surface area contributed by atoms with Gasteiger partial charge in [-0.05, 0) is 44.7 Å². The Kier molecular flexibility index (Phi) is 4.22. The fourth-order valence-electron chi connectivity index (χ4n) is 1.97. The maximum Gasteiger partial charge on any atom is 0.306 e. The van der Waals surface area contributed by atoms with Crippen LogP contribution < -0.4 is 5.32 Å². The lowest BCUT2D eigenvalue weighted by molar-refractivity contribution is -0.141. The molecule has 0 aromatic carbocycles. The molecule has 0 saturated heterocycles. The number of hydrogen-bond acceptors (Lipinski definition) is 2. The van der Waals surface area contributed by atoms with E-state index in [4.69, 9.17) is 5.11 Å². The molecule has 0 radical (unpaired) electrons. The second-order valence-corrected chi connectivity index (χ2v) is 3.92. The van der Waals surface area contributed by atoms with Gasteiger partial charge in [0.25, 0.3) is 0 Å². The van der Waals surface area contributed by atoms with Crippen LogP contribution in [0.1, 0.15) is 32.6 Å². The highest BCUT2D eigenvalue weighted by molar-refractivity contribution is 5.70. The molecule has 0 aromatic heterocycles. The molecule has 0 bridgehead atoms. The largest absolute Gasteiger partial charge is 0.481 e. The summed E-state index contributed by atoms with van der Waals surface area (Å²) < 4.78 is 0. The second kappa shape index (κ2) is 5.22. The van der Waals surface area contributed by atoms with E-state index >= 15 is 0 Å². The standard InChI is InChI=1S/C10H19NO2/c1-2-5-11-7-8-3-4-9(6-8)10(12)13/h8-9,11H,2-7H2,1H3,(H,12,13). The van der Waals surface area contributed by atoms with Gasteiger partial charge >= 0.3 is 5.97 Å². The zero-order valence-electron chi connectivity index (χ0n) is 8.25. The Bertz CT molecular complexity index is 170. The molecular formula is C10H19NO2. The predicted molar refractivity (Wildman–Crippen MR) is 51.6 cm³/mol. The Labute approximate surface area is 79.5 Å². The third-order valence-electron chi connectivity index (χ3n) is 2.75. The van der Waals surface area contributed by atoms with Crippen LogP contribution in [-0.2, 0) is 4.79 Å². The normalized spacial score (nSPS) is 27.8. The van der Waals surface area contributed by atoms with E-state index < -0.39 is 5.97 Å². The zero-order chi connectivity index (χ0) is 9.68. The number of carbonyl (C=O) groups is 1. The van der Waals surface area contributed by atoms with E-state index in [0.717, 1.165) is 38.8 Å². The minimum Gasteiger partial charge on any atom is -0.481 e. The Morgan fingerprint density at radius 1 is 1.54 bits per heavy atom. The number of carboxylic acids is 1. The van der Waals surface area contributed by atoms with Gasteiger partial charge in [0.2, 0.25) is 0 Å². The molecule has 3 nitrogen and oxygen atoms in total. The molecule has 1 fully saturated rings. The molecule has 0 amide bonds. The van der Waals surface area contributed by atoms with Gasteiger partial charge in [0.1, 0.15) is 0 Å². The van der Waals surface area contributed by atoms with Gasteiger partial charge in [-0.2, -0.15) is 0 Å². The van der Waals surface area contributed by atoms with Gasteiger partial charge in [0, 0.05) is 0 Å². The molecule has 3 heteroatoms. The van der Waals surface area contributed by atoms with E-state index in [1.807, 2.05) is 0 Å². The summed E-state index contributed by atoms with van der Waals surface area (Å²) in [4.78, 5) is 10.7. The lowest BCUT2D eigenvalue weighted by atomic mass is 10.1. The van der Waals surface area contributed by atoms with Crippen molar-refractivity contribution in [2.24, 2.45) is 11.8 Å². The Hall–Kier alpha value is -0.570. The van der Waals surface area contributed by atoms with Crippen LogP contribution in [0.4, 0.5) is 0 Å². The molecule has 1 rings (SSSR count). The predicted octanol–water partition coefficient (Wildman–Crippen LogP) is 1.49. The molecule has 0 aliphatic heterocycles.